The summed E-state index contributed by atoms with van der Waals surface area (Å²) in [5.41, 5.74) is 6.11. The molecule has 7 heteroatoms. The maximum Gasteiger partial charge on any atom is 0.255 e. The molecule has 2 rings (SSSR count). The third-order valence-corrected chi connectivity index (χ3v) is 4.56. The van der Waals surface area contributed by atoms with E-state index >= 15 is 0 Å². The molecule has 140 valence electrons. The van der Waals surface area contributed by atoms with E-state index in [1.807, 2.05) is 12.1 Å². The first-order valence-corrected chi connectivity index (χ1v) is 9.18. The highest BCUT2D eigenvalue weighted by Gasteiger charge is 2.13. The Morgan fingerprint density at radius 1 is 1.28 bits per heavy atom. The number of methoxy groups -OCH3 is 1. The lowest BCUT2D eigenvalue weighted by molar-refractivity contribution is -0.119. The normalized spacial score (nSPS) is 15.6. The Balaban J connectivity index is 1.84. The van der Waals surface area contributed by atoms with Gasteiger partial charge in [-0.3, -0.25) is 4.79 Å². The average molecular weight is 370 g/mol. The second kappa shape index (κ2) is 10.5. The van der Waals surface area contributed by atoms with E-state index in [2.05, 4.69) is 10.2 Å². The van der Waals surface area contributed by atoms with Crippen molar-refractivity contribution in [2.75, 3.05) is 39.9 Å². The first-order valence-electron chi connectivity index (χ1n) is 8.80. The summed E-state index contributed by atoms with van der Waals surface area (Å²) in [6.07, 6.45) is 5.32. The van der Waals surface area contributed by atoms with E-state index in [4.69, 9.17) is 26.8 Å². The zero-order valence-corrected chi connectivity index (χ0v) is 15.6. The molecule has 0 unspecified atom stereocenters. The lowest BCUT2D eigenvalue weighted by Crippen LogP contribution is -2.32. The van der Waals surface area contributed by atoms with E-state index < -0.39 is 5.91 Å². The van der Waals surface area contributed by atoms with Crippen molar-refractivity contribution >= 4 is 17.5 Å². The molecule has 1 heterocycles. The van der Waals surface area contributed by atoms with Crippen molar-refractivity contribution < 1.29 is 14.3 Å². The van der Waals surface area contributed by atoms with Crippen LogP contribution < -0.4 is 20.5 Å². The number of rotatable bonds is 9. The van der Waals surface area contributed by atoms with Gasteiger partial charge in [-0.2, -0.15) is 0 Å². The summed E-state index contributed by atoms with van der Waals surface area (Å²) in [6.45, 7) is 4.86. The van der Waals surface area contributed by atoms with Gasteiger partial charge in [0.15, 0.2) is 18.1 Å². The summed E-state index contributed by atoms with van der Waals surface area (Å²) in [5.74, 6) is 0.284. The molecule has 25 heavy (non-hydrogen) atoms. The predicted octanol–water partition coefficient (Wildman–Crippen LogP) is 2.18. The monoisotopic (exact) mass is 369 g/mol. The lowest BCUT2D eigenvalue weighted by atomic mass is 10.2. The third kappa shape index (κ3) is 6.72. The molecule has 1 aromatic rings. The largest absolute Gasteiger partial charge is 0.493 e. The van der Waals surface area contributed by atoms with Crippen LogP contribution >= 0.6 is 11.6 Å². The SMILES string of the molecule is COc1cc(CNCCN2CCCCCC2)cc(Cl)c1OCC(N)=O. The van der Waals surface area contributed by atoms with Crippen molar-refractivity contribution in [3.8, 4) is 11.5 Å². The van der Waals surface area contributed by atoms with Crippen LogP contribution in [-0.4, -0.2) is 50.7 Å². The van der Waals surface area contributed by atoms with Crippen molar-refractivity contribution in [1.82, 2.24) is 10.2 Å². The molecule has 3 N–H and O–H groups in total. The number of carbonyl (C=O) groups is 1. The molecule has 1 aliphatic rings. The lowest BCUT2D eigenvalue weighted by Gasteiger charge is -2.20. The fraction of sp³-hybridized carbons (Fsp3) is 0.611. The summed E-state index contributed by atoms with van der Waals surface area (Å²) in [5, 5.41) is 3.85. The van der Waals surface area contributed by atoms with Crippen LogP contribution in [-0.2, 0) is 11.3 Å². The number of hydrogen-bond acceptors (Lipinski definition) is 5. The number of nitrogens with two attached hydrogens (primary N) is 1. The second-order valence-corrected chi connectivity index (χ2v) is 6.70. The number of benzene rings is 1. The minimum absolute atomic E-state index is 0.233. The number of hydrogen-bond donors (Lipinski definition) is 2. The van der Waals surface area contributed by atoms with Gasteiger partial charge in [0, 0.05) is 19.6 Å². The van der Waals surface area contributed by atoms with Crippen LogP contribution in [0.1, 0.15) is 31.2 Å². The number of ether oxygens (including phenoxy) is 2. The van der Waals surface area contributed by atoms with Crippen molar-refractivity contribution in [2.24, 2.45) is 5.73 Å². The summed E-state index contributed by atoms with van der Waals surface area (Å²) < 4.78 is 10.7. The van der Waals surface area contributed by atoms with Crippen LogP contribution in [0.15, 0.2) is 12.1 Å². The van der Waals surface area contributed by atoms with Crippen molar-refractivity contribution in [2.45, 2.75) is 32.2 Å². The Labute approximate surface area is 154 Å². The number of carbonyl (C=O) groups excluding carboxylic acids is 1. The molecule has 1 aromatic carbocycles. The van der Waals surface area contributed by atoms with Gasteiger partial charge >= 0.3 is 0 Å². The first kappa shape index (κ1) is 19.8. The van der Waals surface area contributed by atoms with E-state index in [0.29, 0.717) is 23.1 Å². The highest BCUT2D eigenvalue weighted by molar-refractivity contribution is 6.32. The second-order valence-electron chi connectivity index (χ2n) is 6.30. The van der Waals surface area contributed by atoms with Gasteiger partial charge in [0.05, 0.1) is 12.1 Å². The maximum absolute atomic E-state index is 10.9. The molecule has 0 saturated carbocycles. The topological polar surface area (TPSA) is 76.8 Å². The van der Waals surface area contributed by atoms with Gasteiger partial charge in [0.25, 0.3) is 5.91 Å². The molecule has 1 amide bonds. The molecular weight excluding hydrogens is 342 g/mol. The summed E-state index contributed by atoms with van der Waals surface area (Å²) >= 11 is 6.26. The van der Waals surface area contributed by atoms with Crippen LogP contribution in [0, 0.1) is 0 Å². The van der Waals surface area contributed by atoms with E-state index in [-0.39, 0.29) is 6.61 Å². The fourth-order valence-electron chi connectivity index (χ4n) is 2.99. The van der Waals surface area contributed by atoms with E-state index in [9.17, 15) is 4.79 Å². The third-order valence-electron chi connectivity index (χ3n) is 4.28. The molecule has 0 atom stereocenters. The minimum Gasteiger partial charge on any atom is -0.493 e. The Morgan fingerprint density at radius 2 is 2.00 bits per heavy atom. The summed E-state index contributed by atoms with van der Waals surface area (Å²) in [4.78, 5) is 13.4. The highest BCUT2D eigenvalue weighted by Crippen LogP contribution is 2.36. The summed E-state index contributed by atoms with van der Waals surface area (Å²) in [7, 11) is 1.54. The predicted molar refractivity (Wildman–Crippen MR) is 99.3 cm³/mol. The zero-order valence-electron chi connectivity index (χ0n) is 14.9. The molecule has 0 radical (unpaired) electrons. The van der Waals surface area contributed by atoms with Gasteiger partial charge < -0.3 is 25.4 Å². The van der Waals surface area contributed by atoms with Gasteiger partial charge in [0.2, 0.25) is 0 Å². The Kier molecular flexibility index (Phi) is 8.31. The van der Waals surface area contributed by atoms with Crippen molar-refractivity contribution in [3.05, 3.63) is 22.7 Å². The molecule has 0 aliphatic carbocycles. The molecule has 1 saturated heterocycles. The van der Waals surface area contributed by atoms with Crippen LogP contribution in [0.3, 0.4) is 0 Å². The van der Waals surface area contributed by atoms with Crippen LogP contribution in [0.5, 0.6) is 11.5 Å². The average Bonchev–Trinajstić information content (AvgIpc) is 2.86. The zero-order chi connectivity index (χ0) is 18.1. The molecule has 0 bridgehead atoms. The van der Waals surface area contributed by atoms with Crippen molar-refractivity contribution in [1.29, 1.82) is 0 Å². The Morgan fingerprint density at radius 3 is 2.64 bits per heavy atom. The number of amides is 1. The number of nitrogens with zero attached hydrogens (tertiary/aromatic N) is 1. The Hall–Kier alpha value is -1.50. The van der Waals surface area contributed by atoms with Gasteiger partial charge in [-0.1, -0.05) is 24.4 Å². The number of nitrogens with one attached hydrogen (secondary N) is 1. The number of likely N-dealkylation sites (tertiary alicyclic amines) is 1. The summed E-state index contributed by atoms with van der Waals surface area (Å²) in [6, 6.07) is 3.68. The number of primary amides is 1. The van der Waals surface area contributed by atoms with E-state index in [1.165, 1.54) is 38.8 Å². The van der Waals surface area contributed by atoms with Crippen LogP contribution in [0.4, 0.5) is 0 Å². The molecule has 0 spiro atoms. The van der Waals surface area contributed by atoms with Crippen LogP contribution in [0.25, 0.3) is 0 Å². The standard InChI is InChI=1S/C18H28ClN3O3/c1-24-16-11-14(10-15(19)18(16)25-13-17(20)23)12-21-6-9-22-7-4-2-3-5-8-22/h10-11,21H,2-9,12-13H2,1H3,(H2,20,23). The van der Waals surface area contributed by atoms with Gasteiger partial charge in [-0.25, -0.2) is 0 Å². The first-order chi connectivity index (χ1) is 12.1. The molecule has 1 aliphatic heterocycles. The van der Waals surface area contributed by atoms with Gasteiger partial charge in [-0.15, -0.1) is 0 Å². The van der Waals surface area contributed by atoms with E-state index in [1.54, 1.807) is 7.11 Å². The van der Waals surface area contributed by atoms with Gasteiger partial charge in [-0.05, 0) is 43.6 Å². The number of halogens is 1. The smallest absolute Gasteiger partial charge is 0.255 e. The Bertz CT molecular complexity index is 561. The molecule has 0 aromatic heterocycles. The van der Waals surface area contributed by atoms with Gasteiger partial charge in [0.1, 0.15) is 0 Å². The van der Waals surface area contributed by atoms with Crippen LogP contribution in [0.2, 0.25) is 5.02 Å². The maximum atomic E-state index is 10.9. The fourth-order valence-corrected chi connectivity index (χ4v) is 3.28. The van der Waals surface area contributed by atoms with Crippen molar-refractivity contribution in [3.63, 3.8) is 0 Å². The highest BCUT2D eigenvalue weighted by atomic mass is 35.5. The quantitative estimate of drug-likeness (QED) is 0.652. The molecule has 6 nitrogen and oxygen atoms in total. The molecule has 1 fully saturated rings. The molecular formula is C18H28ClN3O3. The minimum atomic E-state index is -0.558. The van der Waals surface area contributed by atoms with E-state index in [0.717, 1.165) is 18.7 Å².